The van der Waals surface area contributed by atoms with Crippen LogP contribution in [-0.4, -0.2) is 17.6 Å². The third kappa shape index (κ3) is 5.26. The van der Waals surface area contributed by atoms with Gasteiger partial charge in [0.1, 0.15) is 6.26 Å². The van der Waals surface area contributed by atoms with Crippen LogP contribution < -0.4 is 0 Å². The molecule has 2 rings (SSSR count). The van der Waals surface area contributed by atoms with Gasteiger partial charge in [0.05, 0.1) is 24.3 Å². The molecule has 1 aromatic carbocycles. The first-order valence-electron chi connectivity index (χ1n) is 7.34. The van der Waals surface area contributed by atoms with Gasteiger partial charge in [-0.05, 0) is 30.7 Å². The second-order valence-corrected chi connectivity index (χ2v) is 4.94. The van der Waals surface area contributed by atoms with Crippen LogP contribution in [0.1, 0.15) is 36.1 Å². The molecule has 0 radical (unpaired) electrons. The molecule has 0 saturated carbocycles. The third-order valence-corrected chi connectivity index (χ3v) is 3.12. The molecule has 1 heterocycles. The van der Waals surface area contributed by atoms with Crippen LogP contribution in [0.2, 0.25) is 0 Å². The molecule has 1 aromatic heterocycles. The van der Waals surface area contributed by atoms with Gasteiger partial charge < -0.3 is 9.15 Å². The lowest BCUT2D eigenvalue weighted by molar-refractivity contribution is -0.143. The molecule has 0 aliphatic carbocycles. The van der Waals surface area contributed by atoms with Crippen molar-refractivity contribution in [2.24, 2.45) is 0 Å². The maximum atomic E-state index is 12.5. The summed E-state index contributed by atoms with van der Waals surface area (Å²) in [4.78, 5) is 15.4. The number of carbonyl (C=O) groups is 1. The average molecular weight is 339 g/mol. The maximum absolute atomic E-state index is 12.5. The van der Waals surface area contributed by atoms with Crippen LogP contribution in [0.15, 0.2) is 34.9 Å². The fourth-order valence-corrected chi connectivity index (χ4v) is 1.93. The van der Waals surface area contributed by atoms with Gasteiger partial charge in [0, 0.05) is 12.5 Å². The van der Waals surface area contributed by atoms with Gasteiger partial charge in [0.15, 0.2) is 0 Å². The van der Waals surface area contributed by atoms with Gasteiger partial charge in [-0.2, -0.15) is 13.2 Å². The summed E-state index contributed by atoms with van der Waals surface area (Å²) in [6, 6.07) is 4.76. The molecule has 0 N–H and O–H groups in total. The number of aromatic nitrogens is 1. The number of rotatable bonds is 6. The molecule has 128 valence electrons. The zero-order chi connectivity index (χ0) is 17.6. The van der Waals surface area contributed by atoms with Crippen molar-refractivity contribution in [3.05, 3.63) is 53.2 Å². The van der Waals surface area contributed by atoms with Crippen LogP contribution in [0.4, 0.5) is 13.2 Å². The fourth-order valence-electron chi connectivity index (χ4n) is 1.93. The number of esters is 1. The smallest absolute Gasteiger partial charge is 0.416 e. The van der Waals surface area contributed by atoms with Crippen LogP contribution in [0.3, 0.4) is 0 Å². The SMILES string of the molecule is CCOC(=O)CCc1coc(/C=C/c2ccc(C(F)(F)F)cc2)n1. The number of hydrogen-bond donors (Lipinski definition) is 0. The van der Waals surface area contributed by atoms with E-state index in [2.05, 4.69) is 4.98 Å². The van der Waals surface area contributed by atoms with Crippen molar-refractivity contribution in [2.75, 3.05) is 6.61 Å². The van der Waals surface area contributed by atoms with Crippen molar-refractivity contribution in [3.8, 4) is 0 Å². The Bertz CT molecular complexity index is 703. The summed E-state index contributed by atoms with van der Waals surface area (Å²) in [6.07, 6.45) is 0.848. The van der Waals surface area contributed by atoms with E-state index in [4.69, 9.17) is 9.15 Å². The van der Waals surface area contributed by atoms with E-state index in [1.807, 2.05) is 0 Å². The minimum Gasteiger partial charge on any atom is -0.466 e. The molecule has 7 heteroatoms. The Morgan fingerprint density at radius 1 is 1.25 bits per heavy atom. The monoisotopic (exact) mass is 339 g/mol. The lowest BCUT2D eigenvalue weighted by Crippen LogP contribution is -2.05. The summed E-state index contributed by atoms with van der Waals surface area (Å²) in [5.41, 5.74) is 0.501. The van der Waals surface area contributed by atoms with Gasteiger partial charge in [0.2, 0.25) is 5.89 Å². The van der Waals surface area contributed by atoms with Crippen molar-refractivity contribution in [1.29, 1.82) is 0 Å². The first-order chi connectivity index (χ1) is 11.4. The van der Waals surface area contributed by atoms with Crippen molar-refractivity contribution < 1.29 is 27.1 Å². The molecule has 0 aliphatic heterocycles. The lowest BCUT2D eigenvalue weighted by atomic mass is 10.1. The number of aryl methyl sites for hydroxylation is 1. The van der Waals surface area contributed by atoms with Crippen molar-refractivity contribution in [2.45, 2.75) is 25.9 Å². The summed E-state index contributed by atoms with van der Waals surface area (Å²) in [5, 5.41) is 0. The molecule has 0 saturated heterocycles. The van der Waals surface area contributed by atoms with Crippen molar-refractivity contribution in [3.63, 3.8) is 0 Å². The van der Waals surface area contributed by atoms with E-state index in [1.165, 1.54) is 18.4 Å². The quantitative estimate of drug-likeness (QED) is 0.734. The minimum atomic E-state index is -4.35. The Morgan fingerprint density at radius 2 is 1.96 bits per heavy atom. The number of benzene rings is 1. The molecular formula is C17H16F3NO3. The van der Waals surface area contributed by atoms with Crippen LogP contribution in [0.25, 0.3) is 12.2 Å². The molecule has 0 amide bonds. The van der Waals surface area contributed by atoms with E-state index in [1.54, 1.807) is 19.1 Å². The lowest BCUT2D eigenvalue weighted by Gasteiger charge is -2.05. The second-order valence-electron chi connectivity index (χ2n) is 4.94. The number of oxazole rings is 1. The van der Waals surface area contributed by atoms with E-state index in [-0.39, 0.29) is 12.4 Å². The van der Waals surface area contributed by atoms with Crippen LogP contribution >= 0.6 is 0 Å². The van der Waals surface area contributed by atoms with Gasteiger partial charge in [-0.3, -0.25) is 4.79 Å². The third-order valence-electron chi connectivity index (χ3n) is 3.12. The van der Waals surface area contributed by atoms with Gasteiger partial charge >= 0.3 is 12.1 Å². The van der Waals surface area contributed by atoms with Gasteiger partial charge in [-0.1, -0.05) is 12.1 Å². The fraction of sp³-hybridized carbons (Fsp3) is 0.294. The van der Waals surface area contributed by atoms with Gasteiger partial charge in [-0.15, -0.1) is 0 Å². The summed E-state index contributed by atoms with van der Waals surface area (Å²) in [7, 11) is 0. The summed E-state index contributed by atoms with van der Waals surface area (Å²) < 4.78 is 47.5. The maximum Gasteiger partial charge on any atom is 0.416 e. The topological polar surface area (TPSA) is 52.3 Å². The molecule has 2 aromatic rings. The standard InChI is InChI=1S/C17H16F3NO3/c1-2-23-16(22)10-8-14-11-24-15(21-14)9-5-12-3-6-13(7-4-12)17(18,19)20/h3-7,9,11H,2,8,10H2,1H3/b9-5+. The van der Waals surface area contributed by atoms with E-state index >= 15 is 0 Å². The summed E-state index contributed by atoms with van der Waals surface area (Å²) in [6.45, 7) is 2.07. The minimum absolute atomic E-state index is 0.211. The van der Waals surface area contributed by atoms with E-state index in [0.717, 1.165) is 12.1 Å². The molecular weight excluding hydrogens is 323 g/mol. The zero-order valence-corrected chi connectivity index (χ0v) is 13.0. The predicted octanol–water partition coefficient (Wildman–Crippen LogP) is 4.36. The van der Waals surface area contributed by atoms with Gasteiger partial charge in [-0.25, -0.2) is 4.98 Å². The largest absolute Gasteiger partial charge is 0.466 e. The highest BCUT2D eigenvalue weighted by Crippen LogP contribution is 2.29. The second kappa shape index (κ2) is 7.81. The van der Waals surface area contributed by atoms with Crippen molar-refractivity contribution in [1.82, 2.24) is 4.98 Å². The zero-order valence-electron chi connectivity index (χ0n) is 13.0. The van der Waals surface area contributed by atoms with Crippen LogP contribution in [-0.2, 0) is 22.1 Å². The first-order valence-corrected chi connectivity index (χ1v) is 7.34. The summed E-state index contributed by atoms with van der Waals surface area (Å²) >= 11 is 0. The van der Waals surface area contributed by atoms with Crippen LogP contribution in [0, 0.1) is 0 Å². The highest BCUT2D eigenvalue weighted by Gasteiger charge is 2.29. The van der Waals surface area contributed by atoms with Crippen molar-refractivity contribution >= 4 is 18.1 Å². The normalized spacial score (nSPS) is 11.8. The Morgan fingerprint density at radius 3 is 2.58 bits per heavy atom. The number of halogens is 3. The number of hydrogen-bond acceptors (Lipinski definition) is 4. The average Bonchev–Trinajstić information content (AvgIpc) is 2.99. The molecule has 0 bridgehead atoms. The van der Waals surface area contributed by atoms with E-state index in [0.29, 0.717) is 30.2 Å². The Kier molecular flexibility index (Phi) is 5.78. The molecule has 0 atom stereocenters. The number of nitrogens with zero attached hydrogens (tertiary/aromatic N) is 1. The highest BCUT2D eigenvalue weighted by atomic mass is 19.4. The Balaban J connectivity index is 1.94. The Labute approximate surface area is 137 Å². The van der Waals surface area contributed by atoms with Crippen LogP contribution in [0.5, 0.6) is 0 Å². The highest BCUT2D eigenvalue weighted by molar-refractivity contribution is 5.69. The number of alkyl halides is 3. The predicted molar refractivity (Wildman–Crippen MR) is 81.8 cm³/mol. The molecule has 4 nitrogen and oxygen atoms in total. The van der Waals surface area contributed by atoms with E-state index < -0.39 is 11.7 Å². The number of carbonyl (C=O) groups excluding carboxylic acids is 1. The summed E-state index contributed by atoms with van der Waals surface area (Å²) in [5.74, 6) is 0.0103. The molecule has 0 spiro atoms. The van der Waals surface area contributed by atoms with E-state index in [9.17, 15) is 18.0 Å². The molecule has 0 unspecified atom stereocenters. The molecule has 0 aliphatic rings. The molecule has 0 fully saturated rings. The first kappa shape index (κ1) is 17.8. The van der Waals surface area contributed by atoms with Gasteiger partial charge in [0.25, 0.3) is 0 Å². The molecule has 24 heavy (non-hydrogen) atoms. The number of ether oxygens (including phenoxy) is 1. The Hall–Kier alpha value is -2.57.